The molecule has 0 aliphatic heterocycles. The van der Waals surface area contributed by atoms with Crippen molar-refractivity contribution in [1.82, 2.24) is 0 Å². The Morgan fingerprint density at radius 1 is 1.42 bits per heavy atom. The lowest BCUT2D eigenvalue weighted by atomic mass is 9.93. The Morgan fingerprint density at radius 2 is 2.00 bits per heavy atom. The molecule has 0 unspecified atom stereocenters. The molecule has 0 saturated heterocycles. The quantitative estimate of drug-likeness (QED) is 0.590. The third kappa shape index (κ3) is 7.64. The Bertz CT molecular complexity index is 126. The molecule has 0 aromatic rings. The van der Waals surface area contributed by atoms with Crippen LogP contribution in [-0.4, -0.2) is 18.9 Å². The first-order valence-electron chi connectivity index (χ1n) is 4.88. The Morgan fingerprint density at radius 3 is 2.50 bits per heavy atom. The number of rotatable bonds is 7. The van der Waals surface area contributed by atoms with Crippen molar-refractivity contribution in [2.75, 3.05) is 0 Å². The SMILES string of the molecule is BCCC[C@@H](C)CCCC(=O)O. The summed E-state index contributed by atoms with van der Waals surface area (Å²) in [7, 11) is 2.18. The van der Waals surface area contributed by atoms with Gasteiger partial charge in [-0.25, -0.2) is 0 Å². The van der Waals surface area contributed by atoms with E-state index in [1.54, 1.807) is 0 Å². The maximum Gasteiger partial charge on any atom is 0.303 e. The number of hydrogen-bond donors (Lipinski definition) is 1. The van der Waals surface area contributed by atoms with Crippen molar-refractivity contribution in [2.45, 2.75) is 45.3 Å². The van der Waals surface area contributed by atoms with Gasteiger partial charge in [-0.3, -0.25) is 4.79 Å². The summed E-state index contributed by atoms with van der Waals surface area (Å²) >= 11 is 0. The summed E-state index contributed by atoms with van der Waals surface area (Å²) in [6.07, 6.45) is 5.98. The smallest absolute Gasteiger partial charge is 0.303 e. The van der Waals surface area contributed by atoms with Crippen molar-refractivity contribution in [2.24, 2.45) is 5.92 Å². The van der Waals surface area contributed by atoms with Gasteiger partial charge in [0.15, 0.2) is 0 Å². The highest BCUT2D eigenvalue weighted by atomic mass is 16.4. The molecule has 0 aromatic carbocycles. The van der Waals surface area contributed by atoms with Crippen LogP contribution >= 0.6 is 0 Å². The predicted octanol–water partition coefficient (Wildman–Crippen LogP) is 1.71. The maximum absolute atomic E-state index is 10.2. The molecule has 0 fully saturated rings. The molecule has 0 rings (SSSR count). The Balaban J connectivity index is 3.19. The topological polar surface area (TPSA) is 37.3 Å². The largest absolute Gasteiger partial charge is 0.481 e. The summed E-state index contributed by atoms with van der Waals surface area (Å²) in [6.45, 7) is 2.21. The zero-order chi connectivity index (χ0) is 9.40. The average molecular weight is 170 g/mol. The van der Waals surface area contributed by atoms with Crippen LogP contribution in [0.5, 0.6) is 0 Å². The molecule has 1 N–H and O–H groups in total. The van der Waals surface area contributed by atoms with Crippen LogP contribution in [0.4, 0.5) is 0 Å². The number of hydrogen-bond acceptors (Lipinski definition) is 1. The van der Waals surface area contributed by atoms with E-state index in [0.717, 1.165) is 12.8 Å². The summed E-state index contributed by atoms with van der Waals surface area (Å²) in [6, 6.07) is 0. The third-order valence-electron chi connectivity index (χ3n) is 2.14. The lowest BCUT2D eigenvalue weighted by Crippen LogP contribution is -1.99. The van der Waals surface area contributed by atoms with Gasteiger partial charge in [0.05, 0.1) is 0 Å². The fourth-order valence-electron chi connectivity index (χ4n) is 1.30. The summed E-state index contributed by atoms with van der Waals surface area (Å²) in [5, 5.41) is 8.40. The van der Waals surface area contributed by atoms with Crippen LogP contribution in [0.3, 0.4) is 0 Å². The van der Waals surface area contributed by atoms with Crippen molar-refractivity contribution in [1.29, 1.82) is 0 Å². The minimum absolute atomic E-state index is 0.330. The molecule has 0 aliphatic carbocycles. The first-order valence-corrected chi connectivity index (χ1v) is 4.88. The predicted molar refractivity (Wildman–Crippen MR) is 53.2 cm³/mol. The Hall–Kier alpha value is -0.465. The van der Waals surface area contributed by atoms with E-state index in [9.17, 15) is 4.79 Å². The normalized spacial score (nSPS) is 12.8. The van der Waals surface area contributed by atoms with Crippen LogP contribution in [0, 0.1) is 5.92 Å². The highest BCUT2D eigenvalue weighted by molar-refractivity contribution is 6.08. The van der Waals surface area contributed by atoms with E-state index in [1.165, 1.54) is 19.2 Å². The molecular formula is C9H19BO2. The van der Waals surface area contributed by atoms with Gasteiger partial charge in [-0.15, -0.1) is 0 Å². The molecule has 2 nitrogen and oxygen atoms in total. The molecule has 1 atom stereocenters. The summed E-state index contributed by atoms with van der Waals surface area (Å²) in [5.41, 5.74) is 0. The Kier molecular flexibility index (Phi) is 6.92. The van der Waals surface area contributed by atoms with E-state index >= 15 is 0 Å². The zero-order valence-corrected chi connectivity index (χ0v) is 8.18. The van der Waals surface area contributed by atoms with Crippen LogP contribution in [0.15, 0.2) is 0 Å². The molecule has 0 spiro atoms. The van der Waals surface area contributed by atoms with Gasteiger partial charge < -0.3 is 5.11 Å². The van der Waals surface area contributed by atoms with Crippen molar-refractivity contribution in [3.63, 3.8) is 0 Å². The lowest BCUT2D eigenvalue weighted by molar-refractivity contribution is -0.137. The summed E-state index contributed by atoms with van der Waals surface area (Å²) in [5.74, 6) is 0.0296. The highest BCUT2D eigenvalue weighted by Crippen LogP contribution is 2.14. The molecular weight excluding hydrogens is 151 g/mol. The third-order valence-corrected chi connectivity index (χ3v) is 2.14. The summed E-state index contributed by atoms with van der Waals surface area (Å²) < 4.78 is 0. The van der Waals surface area contributed by atoms with Crippen LogP contribution in [0.2, 0.25) is 6.32 Å². The standard InChI is InChI=1S/C9H19BO2/c1-8(5-3-7-10)4-2-6-9(11)12/h8H,2-7,10H2,1H3,(H,11,12)/t8-/m0/s1. The van der Waals surface area contributed by atoms with Gasteiger partial charge >= 0.3 is 5.97 Å². The molecule has 3 heteroatoms. The molecule has 0 saturated carbocycles. The van der Waals surface area contributed by atoms with Crippen LogP contribution in [0.1, 0.15) is 39.0 Å². The van der Waals surface area contributed by atoms with E-state index in [-0.39, 0.29) is 0 Å². The maximum atomic E-state index is 10.2. The van der Waals surface area contributed by atoms with Crippen molar-refractivity contribution in [3.8, 4) is 0 Å². The van der Waals surface area contributed by atoms with E-state index in [4.69, 9.17) is 5.11 Å². The van der Waals surface area contributed by atoms with Crippen LogP contribution < -0.4 is 0 Å². The van der Waals surface area contributed by atoms with Crippen molar-refractivity contribution in [3.05, 3.63) is 0 Å². The van der Waals surface area contributed by atoms with Crippen LogP contribution in [0.25, 0.3) is 0 Å². The van der Waals surface area contributed by atoms with Gasteiger partial charge in [-0.2, -0.15) is 0 Å². The molecule has 0 bridgehead atoms. The first-order chi connectivity index (χ1) is 5.66. The number of carboxylic acid groups (broad SMARTS) is 1. The second-order valence-corrected chi connectivity index (χ2v) is 3.53. The van der Waals surface area contributed by atoms with Gasteiger partial charge in [-0.05, 0) is 12.3 Å². The molecule has 12 heavy (non-hydrogen) atoms. The van der Waals surface area contributed by atoms with E-state index < -0.39 is 5.97 Å². The highest BCUT2D eigenvalue weighted by Gasteiger charge is 2.02. The van der Waals surface area contributed by atoms with E-state index in [0.29, 0.717) is 12.3 Å². The molecule has 0 radical (unpaired) electrons. The average Bonchev–Trinajstić information content (AvgIpc) is 2.00. The lowest BCUT2D eigenvalue weighted by Gasteiger charge is -2.08. The minimum atomic E-state index is -0.669. The molecule has 0 aliphatic rings. The van der Waals surface area contributed by atoms with Gasteiger partial charge in [-0.1, -0.05) is 32.5 Å². The van der Waals surface area contributed by atoms with Gasteiger partial charge in [0.2, 0.25) is 0 Å². The van der Waals surface area contributed by atoms with Crippen molar-refractivity contribution < 1.29 is 9.90 Å². The molecule has 0 heterocycles. The van der Waals surface area contributed by atoms with Gasteiger partial charge in [0.1, 0.15) is 7.85 Å². The summed E-state index contributed by atoms with van der Waals surface area (Å²) in [4.78, 5) is 10.2. The van der Waals surface area contributed by atoms with E-state index in [2.05, 4.69) is 14.8 Å². The molecule has 0 amide bonds. The van der Waals surface area contributed by atoms with Crippen LogP contribution in [-0.2, 0) is 4.79 Å². The second-order valence-electron chi connectivity index (χ2n) is 3.53. The number of aliphatic carboxylic acids is 1. The van der Waals surface area contributed by atoms with E-state index in [1.807, 2.05) is 0 Å². The molecule has 70 valence electrons. The second kappa shape index (κ2) is 7.20. The number of carbonyl (C=O) groups is 1. The molecule has 0 aromatic heterocycles. The van der Waals surface area contributed by atoms with Gasteiger partial charge in [0.25, 0.3) is 0 Å². The first kappa shape index (κ1) is 11.5. The van der Waals surface area contributed by atoms with Crippen molar-refractivity contribution >= 4 is 13.8 Å². The fourth-order valence-corrected chi connectivity index (χ4v) is 1.30. The number of carboxylic acids is 1. The zero-order valence-electron chi connectivity index (χ0n) is 8.18. The van der Waals surface area contributed by atoms with Gasteiger partial charge in [0, 0.05) is 6.42 Å². The minimum Gasteiger partial charge on any atom is -0.481 e. The monoisotopic (exact) mass is 170 g/mol. The Labute approximate surface area is 75.8 Å². The fraction of sp³-hybridized carbons (Fsp3) is 0.889.